The van der Waals surface area contributed by atoms with Crippen molar-refractivity contribution in [3.8, 4) is 17.2 Å². The standard InChI is InChI=1S/C36H28N2O7S/c1-3-43-24-14-15-25-30(19-24)46-36(37-25)38-32(23-13-16-27(28(18-23)42-2)44-20-21-9-5-4-6-10-21)31(34(40)35(38)41)33(39)29-17-22-11-7-8-12-26(22)45-29/h4-19,32,40H,3,20H2,1-2H3. The zero-order valence-electron chi connectivity index (χ0n) is 24.9. The summed E-state index contributed by atoms with van der Waals surface area (Å²) in [5, 5.41) is 12.4. The Kier molecular flexibility index (Phi) is 7.63. The molecule has 230 valence electrons. The number of anilines is 1. The molecule has 1 amide bonds. The number of furan rings is 1. The third-order valence-corrected chi connectivity index (χ3v) is 8.73. The molecule has 0 saturated heterocycles. The van der Waals surface area contributed by atoms with E-state index in [1.807, 2.05) is 67.6 Å². The number of amides is 1. The molecule has 4 aromatic carbocycles. The fourth-order valence-corrected chi connectivity index (χ4v) is 6.56. The number of ether oxygens (including phenoxy) is 3. The molecule has 0 saturated carbocycles. The predicted molar refractivity (Wildman–Crippen MR) is 175 cm³/mol. The number of para-hydroxylation sites is 1. The first-order valence-corrected chi connectivity index (χ1v) is 15.4. The number of carbonyl (C=O) groups excluding carboxylic acids is 2. The van der Waals surface area contributed by atoms with Crippen LogP contribution in [0, 0.1) is 0 Å². The van der Waals surface area contributed by atoms with E-state index in [1.165, 1.54) is 23.3 Å². The molecule has 6 aromatic rings. The number of methoxy groups -OCH3 is 1. The van der Waals surface area contributed by atoms with Gasteiger partial charge in [0.1, 0.15) is 17.9 Å². The molecular formula is C36H28N2O7S. The molecule has 3 heterocycles. The minimum Gasteiger partial charge on any atom is -0.503 e. The van der Waals surface area contributed by atoms with Crippen LogP contribution in [0.15, 0.2) is 113 Å². The molecule has 0 fully saturated rings. The van der Waals surface area contributed by atoms with Gasteiger partial charge in [-0.2, -0.15) is 0 Å². The van der Waals surface area contributed by atoms with Crippen LogP contribution in [-0.4, -0.2) is 35.5 Å². The Labute approximate surface area is 267 Å². The van der Waals surface area contributed by atoms with Gasteiger partial charge in [0.25, 0.3) is 5.91 Å². The van der Waals surface area contributed by atoms with E-state index in [0.29, 0.717) is 52.3 Å². The number of hydrogen-bond donors (Lipinski definition) is 1. The van der Waals surface area contributed by atoms with E-state index in [1.54, 1.807) is 36.4 Å². The van der Waals surface area contributed by atoms with Crippen molar-refractivity contribution in [3.05, 3.63) is 125 Å². The van der Waals surface area contributed by atoms with Crippen LogP contribution in [0.25, 0.3) is 21.2 Å². The van der Waals surface area contributed by atoms with Gasteiger partial charge < -0.3 is 23.7 Å². The van der Waals surface area contributed by atoms with Gasteiger partial charge >= 0.3 is 0 Å². The molecule has 0 bridgehead atoms. The normalized spacial score (nSPS) is 14.8. The lowest BCUT2D eigenvalue weighted by Crippen LogP contribution is -2.31. The number of rotatable bonds is 10. The molecule has 9 nitrogen and oxygen atoms in total. The number of aliphatic hydroxyl groups is 1. The lowest BCUT2D eigenvalue weighted by molar-refractivity contribution is -0.117. The third-order valence-electron chi connectivity index (χ3n) is 7.71. The van der Waals surface area contributed by atoms with E-state index in [4.69, 9.17) is 23.6 Å². The summed E-state index contributed by atoms with van der Waals surface area (Å²) >= 11 is 1.26. The number of aromatic nitrogens is 1. The zero-order valence-corrected chi connectivity index (χ0v) is 25.7. The fourth-order valence-electron chi connectivity index (χ4n) is 5.54. The second-order valence-corrected chi connectivity index (χ2v) is 11.6. The van der Waals surface area contributed by atoms with Crippen molar-refractivity contribution < 1.29 is 33.3 Å². The molecule has 1 aliphatic rings. The van der Waals surface area contributed by atoms with Gasteiger partial charge in [0.05, 0.1) is 35.5 Å². The van der Waals surface area contributed by atoms with Crippen LogP contribution in [0.5, 0.6) is 17.2 Å². The number of Topliss-reactive ketones (excluding diaryl/α,β-unsaturated/α-hetero) is 1. The molecule has 1 aliphatic heterocycles. The van der Waals surface area contributed by atoms with E-state index in [9.17, 15) is 14.7 Å². The van der Waals surface area contributed by atoms with E-state index >= 15 is 0 Å². The number of ketones is 1. The number of carbonyl (C=O) groups is 2. The first-order valence-electron chi connectivity index (χ1n) is 14.6. The molecule has 46 heavy (non-hydrogen) atoms. The predicted octanol–water partition coefficient (Wildman–Crippen LogP) is 7.81. The van der Waals surface area contributed by atoms with Gasteiger partial charge in [-0.15, -0.1) is 0 Å². The third kappa shape index (κ3) is 5.22. The van der Waals surface area contributed by atoms with E-state index in [2.05, 4.69) is 0 Å². The van der Waals surface area contributed by atoms with Gasteiger partial charge in [-0.05, 0) is 60.5 Å². The Hall–Kier alpha value is -5.61. The lowest BCUT2D eigenvalue weighted by atomic mass is 9.95. The average molecular weight is 633 g/mol. The first kappa shape index (κ1) is 29.1. The molecule has 1 unspecified atom stereocenters. The molecule has 10 heteroatoms. The Morgan fingerprint density at radius 1 is 0.957 bits per heavy atom. The first-order chi connectivity index (χ1) is 22.4. The quantitative estimate of drug-likeness (QED) is 0.152. The number of thiazole rings is 1. The maximum absolute atomic E-state index is 14.1. The van der Waals surface area contributed by atoms with E-state index in [-0.39, 0.29) is 11.3 Å². The molecule has 1 atom stereocenters. The largest absolute Gasteiger partial charge is 0.503 e. The Morgan fingerprint density at radius 3 is 2.54 bits per heavy atom. The molecular weight excluding hydrogens is 604 g/mol. The van der Waals surface area contributed by atoms with Crippen molar-refractivity contribution >= 4 is 49.3 Å². The topological polar surface area (TPSA) is 111 Å². The van der Waals surface area contributed by atoms with E-state index < -0.39 is 23.5 Å². The molecule has 1 N–H and O–H groups in total. The zero-order chi connectivity index (χ0) is 31.8. The molecule has 0 radical (unpaired) electrons. The second-order valence-electron chi connectivity index (χ2n) is 10.6. The van der Waals surface area contributed by atoms with Crippen LogP contribution in [-0.2, 0) is 11.4 Å². The minimum atomic E-state index is -1.04. The van der Waals surface area contributed by atoms with Crippen LogP contribution in [0.4, 0.5) is 5.13 Å². The Balaban J connectivity index is 1.32. The second kappa shape index (κ2) is 12.1. The Bertz CT molecular complexity index is 2100. The lowest BCUT2D eigenvalue weighted by Gasteiger charge is -2.25. The highest BCUT2D eigenvalue weighted by Gasteiger charge is 2.47. The summed E-state index contributed by atoms with van der Waals surface area (Å²) in [6.07, 6.45) is 0. The highest BCUT2D eigenvalue weighted by molar-refractivity contribution is 7.22. The van der Waals surface area contributed by atoms with Crippen LogP contribution in [0.1, 0.15) is 34.6 Å². The number of fused-ring (bicyclic) bond motifs is 2. The van der Waals surface area contributed by atoms with Gasteiger partial charge in [0.2, 0.25) is 5.78 Å². The summed E-state index contributed by atoms with van der Waals surface area (Å²) in [5.74, 6) is -0.487. The smallest absolute Gasteiger partial charge is 0.296 e. The van der Waals surface area contributed by atoms with Crippen LogP contribution >= 0.6 is 11.3 Å². The summed E-state index contributed by atoms with van der Waals surface area (Å²) in [5.41, 5.74) is 2.53. The number of benzene rings is 4. The summed E-state index contributed by atoms with van der Waals surface area (Å²) < 4.78 is 24.1. The minimum absolute atomic E-state index is 0.00263. The van der Waals surface area contributed by atoms with Crippen molar-refractivity contribution in [2.75, 3.05) is 18.6 Å². The van der Waals surface area contributed by atoms with Crippen LogP contribution < -0.4 is 19.1 Å². The fraction of sp³-hybridized carbons (Fsp3) is 0.139. The van der Waals surface area contributed by atoms with Crippen molar-refractivity contribution in [1.29, 1.82) is 0 Å². The monoisotopic (exact) mass is 632 g/mol. The van der Waals surface area contributed by atoms with Crippen molar-refractivity contribution in [2.45, 2.75) is 19.6 Å². The SMILES string of the molecule is CCOc1ccc2nc(N3C(=O)C(O)=C(C(=O)c4cc5ccccc5o4)C3c3ccc(OCc4ccccc4)c(OC)c3)sc2c1. The molecule has 7 rings (SSSR count). The highest BCUT2D eigenvalue weighted by atomic mass is 32.1. The summed E-state index contributed by atoms with van der Waals surface area (Å²) in [4.78, 5) is 34.0. The number of hydrogen-bond acceptors (Lipinski definition) is 9. The molecule has 2 aromatic heterocycles. The summed E-state index contributed by atoms with van der Waals surface area (Å²) in [6.45, 7) is 2.72. The number of aliphatic hydroxyl groups excluding tert-OH is 1. The van der Waals surface area contributed by atoms with Gasteiger partial charge in [0, 0.05) is 5.39 Å². The van der Waals surface area contributed by atoms with E-state index in [0.717, 1.165) is 15.6 Å². The highest BCUT2D eigenvalue weighted by Crippen LogP contribution is 2.46. The van der Waals surface area contributed by atoms with Gasteiger partial charge in [-0.3, -0.25) is 14.5 Å². The van der Waals surface area contributed by atoms with Gasteiger partial charge in [-0.1, -0.05) is 65.9 Å². The average Bonchev–Trinajstić information content (AvgIpc) is 3.78. The summed E-state index contributed by atoms with van der Waals surface area (Å²) in [7, 11) is 1.52. The maximum atomic E-state index is 14.1. The van der Waals surface area contributed by atoms with Crippen molar-refractivity contribution in [2.24, 2.45) is 0 Å². The van der Waals surface area contributed by atoms with Crippen molar-refractivity contribution in [1.82, 2.24) is 4.98 Å². The number of nitrogens with zero attached hydrogens (tertiary/aromatic N) is 2. The summed E-state index contributed by atoms with van der Waals surface area (Å²) in [6, 6.07) is 28.2. The van der Waals surface area contributed by atoms with Gasteiger partial charge in [-0.25, -0.2) is 4.98 Å². The molecule has 0 aliphatic carbocycles. The molecule has 0 spiro atoms. The van der Waals surface area contributed by atoms with Gasteiger partial charge in [0.15, 0.2) is 28.1 Å². The van der Waals surface area contributed by atoms with Crippen LogP contribution in [0.3, 0.4) is 0 Å². The van der Waals surface area contributed by atoms with Crippen molar-refractivity contribution in [3.63, 3.8) is 0 Å². The van der Waals surface area contributed by atoms with Crippen LogP contribution in [0.2, 0.25) is 0 Å². The maximum Gasteiger partial charge on any atom is 0.296 e. The Morgan fingerprint density at radius 2 is 1.76 bits per heavy atom.